The standard InChI is InChI=1S/C15H19N3O/c1-11-3-5-13(6-4-11)14(16)15(19)17-9-12-7-8-18(2)10-12/h3-8,10,14H,9,16H2,1-2H3,(H,17,19). The fourth-order valence-corrected chi connectivity index (χ4v) is 1.89. The highest BCUT2D eigenvalue weighted by Crippen LogP contribution is 2.11. The lowest BCUT2D eigenvalue weighted by molar-refractivity contribution is -0.122. The van der Waals surface area contributed by atoms with Crippen molar-refractivity contribution in [1.29, 1.82) is 0 Å². The van der Waals surface area contributed by atoms with Crippen LogP contribution in [0.1, 0.15) is 22.7 Å². The molecule has 1 amide bonds. The van der Waals surface area contributed by atoms with Gasteiger partial charge in [-0.1, -0.05) is 29.8 Å². The minimum atomic E-state index is -0.621. The van der Waals surface area contributed by atoms with Crippen molar-refractivity contribution >= 4 is 5.91 Å². The van der Waals surface area contributed by atoms with E-state index in [2.05, 4.69) is 5.32 Å². The molecule has 4 nitrogen and oxygen atoms in total. The number of nitrogens with one attached hydrogen (secondary N) is 1. The van der Waals surface area contributed by atoms with Gasteiger partial charge >= 0.3 is 0 Å². The molecule has 0 saturated heterocycles. The van der Waals surface area contributed by atoms with Crippen LogP contribution >= 0.6 is 0 Å². The molecule has 1 aromatic heterocycles. The molecule has 0 aliphatic rings. The first kappa shape index (κ1) is 13.4. The van der Waals surface area contributed by atoms with Crippen LogP contribution in [0.25, 0.3) is 0 Å². The molecular weight excluding hydrogens is 238 g/mol. The smallest absolute Gasteiger partial charge is 0.241 e. The molecule has 100 valence electrons. The monoisotopic (exact) mass is 257 g/mol. The number of nitrogens with zero attached hydrogens (tertiary/aromatic N) is 1. The maximum atomic E-state index is 12.0. The van der Waals surface area contributed by atoms with Crippen molar-refractivity contribution in [2.24, 2.45) is 12.8 Å². The molecule has 1 heterocycles. The molecule has 0 aliphatic carbocycles. The number of amides is 1. The van der Waals surface area contributed by atoms with Gasteiger partial charge in [-0.3, -0.25) is 4.79 Å². The molecule has 0 aliphatic heterocycles. The van der Waals surface area contributed by atoms with E-state index in [0.29, 0.717) is 6.54 Å². The number of carbonyl (C=O) groups is 1. The van der Waals surface area contributed by atoms with Gasteiger partial charge in [0.25, 0.3) is 0 Å². The van der Waals surface area contributed by atoms with Gasteiger partial charge in [0.05, 0.1) is 0 Å². The van der Waals surface area contributed by atoms with E-state index in [1.54, 1.807) is 0 Å². The van der Waals surface area contributed by atoms with Crippen LogP contribution in [0.3, 0.4) is 0 Å². The summed E-state index contributed by atoms with van der Waals surface area (Å²) >= 11 is 0. The van der Waals surface area contributed by atoms with E-state index in [4.69, 9.17) is 5.73 Å². The van der Waals surface area contributed by atoms with Crippen molar-refractivity contribution in [1.82, 2.24) is 9.88 Å². The summed E-state index contributed by atoms with van der Waals surface area (Å²) in [5.74, 6) is -0.160. The summed E-state index contributed by atoms with van der Waals surface area (Å²) in [6.07, 6.45) is 3.92. The Bertz CT molecular complexity index is 557. The number of aromatic nitrogens is 1. The number of hydrogen-bond donors (Lipinski definition) is 2. The molecule has 1 aromatic carbocycles. The van der Waals surface area contributed by atoms with Gasteiger partial charge in [0, 0.05) is 26.0 Å². The molecule has 0 radical (unpaired) electrons. The Balaban J connectivity index is 1.94. The van der Waals surface area contributed by atoms with Crippen LogP contribution in [0.2, 0.25) is 0 Å². The fraction of sp³-hybridized carbons (Fsp3) is 0.267. The van der Waals surface area contributed by atoms with Crippen molar-refractivity contribution in [3.63, 3.8) is 0 Å². The van der Waals surface area contributed by atoms with E-state index in [9.17, 15) is 4.79 Å². The maximum Gasteiger partial charge on any atom is 0.241 e. The first-order valence-electron chi connectivity index (χ1n) is 6.27. The van der Waals surface area contributed by atoms with Crippen molar-refractivity contribution in [3.8, 4) is 0 Å². The van der Waals surface area contributed by atoms with E-state index in [0.717, 1.165) is 16.7 Å². The number of rotatable bonds is 4. The van der Waals surface area contributed by atoms with Crippen LogP contribution in [0.4, 0.5) is 0 Å². The van der Waals surface area contributed by atoms with Gasteiger partial charge in [0.15, 0.2) is 0 Å². The number of nitrogens with two attached hydrogens (primary N) is 1. The second kappa shape index (κ2) is 5.71. The summed E-state index contributed by atoms with van der Waals surface area (Å²) in [7, 11) is 1.95. The Morgan fingerprint density at radius 3 is 2.58 bits per heavy atom. The molecular formula is C15H19N3O. The van der Waals surface area contributed by atoms with Crippen LogP contribution in [0, 0.1) is 6.92 Å². The Kier molecular flexibility index (Phi) is 4.02. The Morgan fingerprint density at radius 1 is 1.32 bits per heavy atom. The van der Waals surface area contributed by atoms with Crippen LogP contribution in [-0.4, -0.2) is 10.5 Å². The summed E-state index contributed by atoms with van der Waals surface area (Å²) < 4.78 is 1.95. The van der Waals surface area contributed by atoms with Crippen LogP contribution < -0.4 is 11.1 Å². The van der Waals surface area contributed by atoms with Gasteiger partial charge in [0.2, 0.25) is 5.91 Å². The highest BCUT2D eigenvalue weighted by Gasteiger charge is 2.15. The lowest BCUT2D eigenvalue weighted by Gasteiger charge is -2.12. The first-order chi connectivity index (χ1) is 9.06. The van der Waals surface area contributed by atoms with Gasteiger partial charge < -0.3 is 15.6 Å². The normalized spacial score (nSPS) is 12.2. The van der Waals surface area contributed by atoms with E-state index < -0.39 is 6.04 Å². The Labute approximate surface area is 113 Å². The summed E-state index contributed by atoms with van der Waals surface area (Å²) in [6.45, 7) is 2.50. The second-order valence-electron chi connectivity index (χ2n) is 4.79. The van der Waals surface area contributed by atoms with Crippen molar-refractivity contribution in [3.05, 3.63) is 59.4 Å². The lowest BCUT2D eigenvalue weighted by atomic mass is 10.1. The minimum Gasteiger partial charge on any atom is -0.357 e. The molecule has 2 aromatic rings. The van der Waals surface area contributed by atoms with Gasteiger partial charge in [-0.25, -0.2) is 0 Å². The molecule has 0 saturated carbocycles. The van der Waals surface area contributed by atoms with Gasteiger partial charge in [0.1, 0.15) is 6.04 Å². The molecule has 0 fully saturated rings. The van der Waals surface area contributed by atoms with E-state index in [1.165, 1.54) is 0 Å². The summed E-state index contributed by atoms with van der Waals surface area (Å²) in [5, 5.41) is 2.85. The third kappa shape index (κ3) is 3.45. The van der Waals surface area contributed by atoms with Gasteiger partial charge in [-0.05, 0) is 24.1 Å². The minimum absolute atomic E-state index is 0.160. The van der Waals surface area contributed by atoms with Crippen molar-refractivity contribution in [2.45, 2.75) is 19.5 Å². The summed E-state index contributed by atoms with van der Waals surface area (Å²) in [6, 6.07) is 9.05. The van der Waals surface area contributed by atoms with Gasteiger partial charge in [-0.2, -0.15) is 0 Å². The lowest BCUT2D eigenvalue weighted by Crippen LogP contribution is -2.33. The highest BCUT2D eigenvalue weighted by molar-refractivity contribution is 5.82. The molecule has 19 heavy (non-hydrogen) atoms. The third-order valence-corrected chi connectivity index (χ3v) is 3.08. The van der Waals surface area contributed by atoms with Crippen molar-refractivity contribution in [2.75, 3.05) is 0 Å². The first-order valence-corrected chi connectivity index (χ1v) is 6.27. The predicted octanol–water partition coefficient (Wildman–Crippen LogP) is 1.65. The number of benzene rings is 1. The van der Waals surface area contributed by atoms with Crippen LogP contribution in [-0.2, 0) is 18.4 Å². The number of carbonyl (C=O) groups excluding carboxylic acids is 1. The zero-order valence-electron chi connectivity index (χ0n) is 11.3. The zero-order valence-corrected chi connectivity index (χ0v) is 11.3. The molecule has 2 rings (SSSR count). The molecule has 1 unspecified atom stereocenters. The average Bonchev–Trinajstić information content (AvgIpc) is 2.82. The second-order valence-corrected chi connectivity index (χ2v) is 4.79. The molecule has 0 bridgehead atoms. The average molecular weight is 257 g/mol. The highest BCUT2D eigenvalue weighted by atomic mass is 16.2. The summed E-state index contributed by atoms with van der Waals surface area (Å²) in [4.78, 5) is 12.0. The molecule has 0 spiro atoms. The summed E-state index contributed by atoms with van der Waals surface area (Å²) in [5.41, 5.74) is 8.99. The predicted molar refractivity (Wildman–Crippen MR) is 75.4 cm³/mol. The largest absolute Gasteiger partial charge is 0.357 e. The van der Waals surface area contributed by atoms with Crippen molar-refractivity contribution < 1.29 is 4.79 Å². The third-order valence-electron chi connectivity index (χ3n) is 3.08. The Hall–Kier alpha value is -2.07. The molecule has 3 N–H and O–H groups in total. The molecule has 4 heteroatoms. The fourth-order valence-electron chi connectivity index (χ4n) is 1.89. The van der Waals surface area contributed by atoms with E-state index in [-0.39, 0.29) is 5.91 Å². The maximum absolute atomic E-state index is 12.0. The topological polar surface area (TPSA) is 60.1 Å². The number of aryl methyl sites for hydroxylation is 2. The van der Waals surface area contributed by atoms with E-state index in [1.807, 2.05) is 61.3 Å². The quantitative estimate of drug-likeness (QED) is 0.875. The SMILES string of the molecule is Cc1ccc(C(N)C(=O)NCc2ccn(C)c2)cc1. The molecule has 1 atom stereocenters. The van der Waals surface area contributed by atoms with Crippen LogP contribution in [0.15, 0.2) is 42.7 Å². The zero-order chi connectivity index (χ0) is 13.8. The van der Waals surface area contributed by atoms with Gasteiger partial charge in [-0.15, -0.1) is 0 Å². The van der Waals surface area contributed by atoms with E-state index >= 15 is 0 Å². The Morgan fingerprint density at radius 2 is 2.00 bits per heavy atom. The number of hydrogen-bond acceptors (Lipinski definition) is 2. The van der Waals surface area contributed by atoms with Crippen LogP contribution in [0.5, 0.6) is 0 Å².